The molecule has 24 heavy (non-hydrogen) atoms. The molecule has 0 saturated carbocycles. The lowest BCUT2D eigenvalue weighted by Crippen LogP contribution is -2.52. The zero-order valence-electron chi connectivity index (χ0n) is 13.7. The summed E-state index contributed by atoms with van der Waals surface area (Å²) in [6.07, 6.45) is 2.84. The molecule has 0 atom stereocenters. The Kier molecular flexibility index (Phi) is 5.43. The molecule has 1 aromatic heterocycles. The summed E-state index contributed by atoms with van der Waals surface area (Å²) in [7, 11) is 0. The Balaban J connectivity index is 1.94. The molecule has 0 aromatic carbocycles. The molecule has 2 rings (SSSR count). The van der Waals surface area contributed by atoms with Crippen molar-refractivity contribution in [2.24, 2.45) is 11.1 Å². The number of amides is 3. The van der Waals surface area contributed by atoms with E-state index in [2.05, 4.69) is 4.98 Å². The third kappa shape index (κ3) is 4.03. The molecule has 129 valence electrons. The number of hydrogen-bond acceptors (Lipinski definition) is 4. The molecule has 7 nitrogen and oxygen atoms in total. The second-order valence-corrected chi connectivity index (χ2v) is 6.55. The smallest absolute Gasteiger partial charge is 0.257 e. The Hall–Kier alpha value is -2.15. The van der Waals surface area contributed by atoms with Crippen molar-refractivity contribution in [2.75, 3.05) is 26.2 Å². The first-order valence-corrected chi connectivity index (χ1v) is 7.94. The van der Waals surface area contributed by atoms with Crippen LogP contribution in [0.2, 0.25) is 5.15 Å². The lowest BCUT2D eigenvalue weighted by atomic mass is 9.88. The van der Waals surface area contributed by atoms with Gasteiger partial charge in [0.2, 0.25) is 11.8 Å². The fourth-order valence-corrected chi connectivity index (χ4v) is 2.52. The van der Waals surface area contributed by atoms with Gasteiger partial charge in [-0.25, -0.2) is 4.98 Å². The summed E-state index contributed by atoms with van der Waals surface area (Å²) in [5.74, 6) is -1.03. The Morgan fingerprint density at radius 2 is 1.79 bits per heavy atom. The summed E-state index contributed by atoms with van der Waals surface area (Å²) in [5.41, 5.74) is 4.62. The van der Waals surface area contributed by atoms with Crippen molar-refractivity contribution < 1.29 is 14.4 Å². The minimum atomic E-state index is -1.01. The summed E-state index contributed by atoms with van der Waals surface area (Å²) in [6.45, 7) is 4.73. The molecule has 1 aliphatic rings. The van der Waals surface area contributed by atoms with Gasteiger partial charge in [-0.05, 0) is 12.1 Å². The van der Waals surface area contributed by atoms with Gasteiger partial charge in [-0.2, -0.15) is 0 Å². The van der Waals surface area contributed by atoms with Crippen molar-refractivity contribution >= 4 is 29.3 Å². The molecule has 3 amide bonds. The third-order valence-corrected chi connectivity index (χ3v) is 4.29. The lowest BCUT2D eigenvalue weighted by molar-refractivity contribution is -0.134. The van der Waals surface area contributed by atoms with Crippen LogP contribution in [0.5, 0.6) is 0 Å². The molecule has 1 fully saturated rings. The second-order valence-electron chi connectivity index (χ2n) is 6.19. The summed E-state index contributed by atoms with van der Waals surface area (Å²) < 4.78 is 0. The van der Waals surface area contributed by atoms with Gasteiger partial charge in [0.05, 0.1) is 17.4 Å². The first-order chi connectivity index (χ1) is 11.2. The number of carbonyl (C=O) groups excluding carboxylic acids is 3. The fourth-order valence-electron chi connectivity index (χ4n) is 2.32. The Bertz CT molecular complexity index is 654. The van der Waals surface area contributed by atoms with Gasteiger partial charge >= 0.3 is 0 Å². The van der Waals surface area contributed by atoms with Crippen molar-refractivity contribution in [1.29, 1.82) is 0 Å². The summed E-state index contributed by atoms with van der Waals surface area (Å²) in [4.78, 5) is 43.1. The molecule has 0 spiro atoms. The van der Waals surface area contributed by atoms with Crippen LogP contribution in [-0.2, 0) is 9.59 Å². The van der Waals surface area contributed by atoms with E-state index in [0.29, 0.717) is 31.7 Å². The number of hydrogen-bond donors (Lipinski definition) is 1. The van der Waals surface area contributed by atoms with Crippen molar-refractivity contribution in [3.63, 3.8) is 0 Å². The molecule has 1 aliphatic heterocycles. The van der Waals surface area contributed by atoms with Crippen LogP contribution < -0.4 is 5.73 Å². The molecule has 0 unspecified atom stereocenters. The van der Waals surface area contributed by atoms with E-state index in [0.717, 1.165) is 0 Å². The second kappa shape index (κ2) is 7.17. The monoisotopic (exact) mass is 351 g/mol. The minimum absolute atomic E-state index is 0.164. The number of rotatable bonds is 4. The number of nitrogens with zero attached hydrogens (tertiary/aromatic N) is 3. The molecule has 0 bridgehead atoms. The zero-order valence-corrected chi connectivity index (χ0v) is 14.4. The fraction of sp³-hybridized carbons (Fsp3) is 0.438. The number of primary amides is 1. The van der Waals surface area contributed by atoms with Crippen LogP contribution in [0.3, 0.4) is 0 Å². The molecule has 2 N–H and O–H groups in total. The SMILES string of the molecule is CC(C)([CH]C(=O)N1CCN(C(=O)c2cccnc2Cl)CC1)C(N)=O. The van der Waals surface area contributed by atoms with Crippen LogP contribution in [-0.4, -0.2) is 58.7 Å². The maximum Gasteiger partial charge on any atom is 0.257 e. The van der Waals surface area contributed by atoms with E-state index in [4.69, 9.17) is 17.3 Å². The lowest BCUT2D eigenvalue weighted by Gasteiger charge is -2.36. The molecule has 0 aliphatic carbocycles. The van der Waals surface area contributed by atoms with Gasteiger partial charge in [0.15, 0.2) is 0 Å². The van der Waals surface area contributed by atoms with Gasteiger partial charge in [-0.1, -0.05) is 25.4 Å². The van der Waals surface area contributed by atoms with Crippen LogP contribution in [0, 0.1) is 11.8 Å². The topological polar surface area (TPSA) is 96.6 Å². The van der Waals surface area contributed by atoms with E-state index in [1.165, 1.54) is 12.6 Å². The molecule has 1 saturated heterocycles. The van der Waals surface area contributed by atoms with Crippen molar-refractivity contribution in [3.8, 4) is 0 Å². The van der Waals surface area contributed by atoms with E-state index in [1.54, 1.807) is 35.8 Å². The number of aromatic nitrogens is 1. The summed E-state index contributed by atoms with van der Waals surface area (Å²) >= 11 is 5.95. The van der Waals surface area contributed by atoms with Crippen LogP contribution in [0.4, 0.5) is 0 Å². The highest BCUT2D eigenvalue weighted by Gasteiger charge is 2.33. The van der Waals surface area contributed by atoms with Crippen molar-refractivity contribution in [1.82, 2.24) is 14.8 Å². The predicted octanol–water partition coefficient (Wildman–Crippen LogP) is 0.735. The van der Waals surface area contributed by atoms with Gasteiger partial charge in [0, 0.05) is 32.4 Å². The Morgan fingerprint density at radius 1 is 1.21 bits per heavy atom. The van der Waals surface area contributed by atoms with Gasteiger partial charge in [0.25, 0.3) is 5.91 Å². The number of piperazine rings is 1. The van der Waals surface area contributed by atoms with Crippen molar-refractivity contribution in [2.45, 2.75) is 13.8 Å². The first-order valence-electron chi connectivity index (χ1n) is 7.57. The molecule has 1 radical (unpaired) electrons. The van der Waals surface area contributed by atoms with E-state index < -0.39 is 11.3 Å². The average Bonchev–Trinajstić information content (AvgIpc) is 2.54. The van der Waals surface area contributed by atoms with Crippen LogP contribution in [0.25, 0.3) is 0 Å². The normalized spacial score (nSPS) is 15.3. The largest absolute Gasteiger partial charge is 0.369 e. The predicted molar refractivity (Wildman–Crippen MR) is 89.0 cm³/mol. The molecule has 2 heterocycles. The maximum absolute atomic E-state index is 12.4. The molecular weight excluding hydrogens is 332 g/mol. The van der Waals surface area contributed by atoms with Crippen LogP contribution >= 0.6 is 11.6 Å². The quantitative estimate of drug-likeness (QED) is 0.809. The highest BCUT2D eigenvalue weighted by Crippen LogP contribution is 2.21. The highest BCUT2D eigenvalue weighted by molar-refractivity contribution is 6.32. The molecule has 1 aromatic rings. The van der Waals surface area contributed by atoms with E-state index in [9.17, 15) is 14.4 Å². The third-order valence-electron chi connectivity index (χ3n) is 3.99. The van der Waals surface area contributed by atoms with Gasteiger partial charge in [0.1, 0.15) is 5.15 Å². The molecule has 8 heteroatoms. The Labute approximate surface area is 145 Å². The number of carbonyl (C=O) groups is 3. The number of nitrogens with two attached hydrogens (primary N) is 1. The van der Waals surface area contributed by atoms with E-state index in [1.807, 2.05) is 0 Å². The average molecular weight is 352 g/mol. The maximum atomic E-state index is 12.4. The van der Waals surface area contributed by atoms with Crippen molar-refractivity contribution in [3.05, 3.63) is 35.5 Å². The zero-order chi connectivity index (χ0) is 17.9. The van der Waals surface area contributed by atoms with Gasteiger partial charge < -0.3 is 15.5 Å². The van der Waals surface area contributed by atoms with Crippen LogP contribution in [0.15, 0.2) is 18.3 Å². The summed E-state index contributed by atoms with van der Waals surface area (Å²) in [6, 6.07) is 3.28. The van der Waals surface area contributed by atoms with E-state index >= 15 is 0 Å². The number of halogens is 1. The summed E-state index contributed by atoms with van der Waals surface area (Å²) in [5, 5.41) is 0.164. The Morgan fingerprint density at radius 3 is 2.33 bits per heavy atom. The molecular formula is C16H20ClN4O3. The first kappa shape index (κ1) is 18.2. The standard InChI is InChI=1S/C16H20ClN4O3/c1-16(2,15(18)24)10-12(22)20-6-8-21(9-7-20)14(23)11-4-3-5-19-13(11)17/h3-5,10H,6-9H2,1-2H3,(H2,18,24). The highest BCUT2D eigenvalue weighted by atomic mass is 35.5. The number of pyridine rings is 1. The van der Waals surface area contributed by atoms with Gasteiger partial charge in [-0.15, -0.1) is 0 Å². The van der Waals surface area contributed by atoms with Gasteiger partial charge in [-0.3, -0.25) is 14.4 Å². The van der Waals surface area contributed by atoms with Crippen LogP contribution in [0.1, 0.15) is 24.2 Å². The minimum Gasteiger partial charge on any atom is -0.369 e. The van der Waals surface area contributed by atoms with E-state index in [-0.39, 0.29) is 17.0 Å².